The van der Waals surface area contributed by atoms with E-state index in [1.165, 1.54) is 11.6 Å². The maximum absolute atomic E-state index is 12.1. The fourth-order valence-corrected chi connectivity index (χ4v) is 2.85. The number of carbonyl (C=O) groups is 1. The van der Waals surface area contributed by atoms with Gasteiger partial charge in [0.1, 0.15) is 5.75 Å². The van der Waals surface area contributed by atoms with E-state index in [4.69, 9.17) is 17.0 Å². The number of nitrogens with one attached hydrogen (secondary N) is 2. The van der Waals surface area contributed by atoms with Crippen molar-refractivity contribution >= 4 is 35.0 Å². The van der Waals surface area contributed by atoms with Crippen LogP contribution < -0.4 is 15.4 Å². The van der Waals surface area contributed by atoms with Crippen molar-refractivity contribution in [3.05, 3.63) is 64.7 Å². The summed E-state index contributed by atoms with van der Waals surface area (Å²) in [6, 6.07) is 11.6. The molecule has 0 radical (unpaired) electrons. The summed E-state index contributed by atoms with van der Waals surface area (Å²) in [6.07, 6.45) is 3.12. The molecule has 0 aromatic heterocycles. The van der Waals surface area contributed by atoms with Crippen molar-refractivity contribution in [2.24, 2.45) is 0 Å². The van der Waals surface area contributed by atoms with Gasteiger partial charge in [0.2, 0.25) is 5.91 Å². The van der Waals surface area contributed by atoms with Gasteiger partial charge in [-0.05, 0) is 56.3 Å². The van der Waals surface area contributed by atoms with Gasteiger partial charge in [-0.25, -0.2) is 0 Å². The van der Waals surface area contributed by atoms with Crippen molar-refractivity contribution in [3.8, 4) is 5.75 Å². The zero-order chi connectivity index (χ0) is 18.4. The predicted molar refractivity (Wildman–Crippen MR) is 107 cm³/mol. The number of rotatable bonds is 4. The number of methoxy groups -OCH3 is 1. The van der Waals surface area contributed by atoms with Crippen LogP contribution in [0, 0.1) is 20.8 Å². The van der Waals surface area contributed by atoms with Crippen molar-refractivity contribution in [3.63, 3.8) is 0 Å². The van der Waals surface area contributed by atoms with Gasteiger partial charge in [-0.15, -0.1) is 0 Å². The molecule has 0 spiro atoms. The summed E-state index contributed by atoms with van der Waals surface area (Å²) in [7, 11) is 1.60. The number of para-hydroxylation sites is 1. The second kappa shape index (κ2) is 8.44. The molecule has 2 aromatic carbocycles. The zero-order valence-electron chi connectivity index (χ0n) is 14.8. The lowest BCUT2D eigenvalue weighted by Gasteiger charge is -2.14. The molecule has 0 unspecified atom stereocenters. The lowest BCUT2D eigenvalue weighted by molar-refractivity contribution is -0.115. The summed E-state index contributed by atoms with van der Waals surface area (Å²) in [5.41, 5.74) is 5.10. The molecule has 0 bridgehead atoms. The molecule has 0 fully saturated rings. The molecule has 25 heavy (non-hydrogen) atoms. The van der Waals surface area contributed by atoms with Crippen molar-refractivity contribution in [2.75, 3.05) is 12.4 Å². The highest BCUT2D eigenvalue weighted by Gasteiger charge is 2.07. The van der Waals surface area contributed by atoms with E-state index >= 15 is 0 Å². The van der Waals surface area contributed by atoms with Gasteiger partial charge in [-0.3, -0.25) is 10.1 Å². The molecule has 0 atom stereocenters. The van der Waals surface area contributed by atoms with Crippen LogP contribution in [0.15, 0.2) is 42.5 Å². The first kappa shape index (κ1) is 18.7. The molecule has 4 nitrogen and oxygen atoms in total. The number of amides is 1. The lowest BCUT2D eigenvalue weighted by Crippen LogP contribution is -2.33. The minimum Gasteiger partial charge on any atom is -0.496 e. The summed E-state index contributed by atoms with van der Waals surface area (Å²) in [5.74, 6) is 0.406. The lowest BCUT2D eigenvalue weighted by atomic mass is 10.1. The van der Waals surface area contributed by atoms with Gasteiger partial charge >= 0.3 is 0 Å². The van der Waals surface area contributed by atoms with Crippen LogP contribution in [-0.4, -0.2) is 18.1 Å². The van der Waals surface area contributed by atoms with Crippen LogP contribution in [0.4, 0.5) is 5.69 Å². The molecule has 130 valence electrons. The SMILES string of the molecule is COc1ccccc1C=CC(=O)NC(=S)Nc1c(C)cc(C)cc1C. The Hall–Kier alpha value is -2.66. The highest BCUT2D eigenvalue weighted by molar-refractivity contribution is 7.80. The summed E-state index contributed by atoms with van der Waals surface area (Å²) >= 11 is 5.24. The molecule has 0 aliphatic carbocycles. The smallest absolute Gasteiger partial charge is 0.250 e. The number of benzene rings is 2. The molecule has 2 aromatic rings. The van der Waals surface area contributed by atoms with Crippen LogP contribution >= 0.6 is 12.2 Å². The van der Waals surface area contributed by atoms with Crippen LogP contribution in [0.5, 0.6) is 5.75 Å². The van der Waals surface area contributed by atoms with Gasteiger partial charge in [-0.1, -0.05) is 35.9 Å². The Bertz CT molecular complexity index is 805. The summed E-state index contributed by atoms with van der Waals surface area (Å²) in [4.78, 5) is 12.1. The van der Waals surface area contributed by atoms with E-state index in [0.29, 0.717) is 5.75 Å². The molecule has 2 rings (SSSR count). The fraction of sp³-hybridized carbons (Fsp3) is 0.200. The number of hydrogen-bond acceptors (Lipinski definition) is 3. The van der Waals surface area contributed by atoms with Crippen LogP contribution in [0.3, 0.4) is 0 Å². The van der Waals surface area contributed by atoms with Crippen molar-refractivity contribution in [1.29, 1.82) is 0 Å². The molecular weight excluding hydrogens is 332 g/mol. The maximum atomic E-state index is 12.1. The van der Waals surface area contributed by atoms with Gasteiger partial charge in [0, 0.05) is 17.3 Å². The standard InChI is InChI=1S/C20H22N2O2S/c1-13-11-14(2)19(15(3)12-13)22-20(25)21-18(23)10-9-16-7-5-6-8-17(16)24-4/h5-12H,1-4H3,(H2,21,22,23,25). The third kappa shape index (κ3) is 5.16. The molecule has 1 amide bonds. The van der Waals surface area contributed by atoms with Crippen LogP contribution in [-0.2, 0) is 4.79 Å². The first-order valence-electron chi connectivity index (χ1n) is 7.91. The Morgan fingerprint density at radius 1 is 1.12 bits per heavy atom. The number of anilines is 1. The molecule has 0 aliphatic heterocycles. The van der Waals surface area contributed by atoms with Crippen LogP contribution in [0.25, 0.3) is 6.08 Å². The summed E-state index contributed by atoms with van der Waals surface area (Å²) < 4.78 is 5.25. The number of carbonyl (C=O) groups excluding carboxylic acids is 1. The zero-order valence-corrected chi connectivity index (χ0v) is 15.7. The van der Waals surface area contributed by atoms with Crippen LogP contribution in [0.2, 0.25) is 0 Å². The second-order valence-electron chi connectivity index (χ2n) is 5.79. The number of thiocarbonyl (C=S) groups is 1. The Kier molecular flexibility index (Phi) is 6.31. The second-order valence-corrected chi connectivity index (χ2v) is 6.20. The van der Waals surface area contributed by atoms with Gasteiger partial charge in [0.15, 0.2) is 5.11 Å². The minimum absolute atomic E-state index is 0.268. The fourth-order valence-electron chi connectivity index (χ4n) is 2.65. The number of ether oxygens (including phenoxy) is 1. The average molecular weight is 354 g/mol. The van der Waals surface area contributed by atoms with E-state index in [0.717, 1.165) is 22.4 Å². The monoisotopic (exact) mass is 354 g/mol. The predicted octanol–water partition coefficient (Wildman–Crippen LogP) is 4.15. The topological polar surface area (TPSA) is 50.4 Å². The Labute approximate surface area is 153 Å². The van der Waals surface area contributed by atoms with E-state index < -0.39 is 0 Å². The van der Waals surface area contributed by atoms with Gasteiger partial charge < -0.3 is 10.1 Å². The maximum Gasteiger partial charge on any atom is 0.250 e. The van der Waals surface area contributed by atoms with E-state index in [2.05, 4.69) is 22.8 Å². The largest absolute Gasteiger partial charge is 0.496 e. The molecule has 0 aliphatic rings. The quantitative estimate of drug-likeness (QED) is 0.640. The first-order valence-corrected chi connectivity index (χ1v) is 8.32. The third-order valence-corrected chi connectivity index (χ3v) is 3.91. The van der Waals surface area contributed by atoms with Gasteiger partial charge in [0.25, 0.3) is 0 Å². The van der Waals surface area contributed by atoms with E-state index in [1.807, 2.05) is 45.0 Å². The summed E-state index contributed by atoms with van der Waals surface area (Å²) in [5, 5.41) is 6.03. The molecule has 0 heterocycles. The van der Waals surface area contributed by atoms with Crippen molar-refractivity contribution in [1.82, 2.24) is 5.32 Å². The van der Waals surface area contributed by atoms with E-state index in [-0.39, 0.29) is 11.0 Å². The van der Waals surface area contributed by atoms with E-state index in [9.17, 15) is 4.79 Å². The molecule has 2 N–H and O–H groups in total. The summed E-state index contributed by atoms with van der Waals surface area (Å²) in [6.45, 7) is 6.06. The number of aryl methyl sites for hydroxylation is 3. The third-order valence-electron chi connectivity index (χ3n) is 3.71. The molecule has 0 saturated carbocycles. The Balaban J connectivity index is 2.01. The first-order chi connectivity index (χ1) is 11.9. The highest BCUT2D eigenvalue weighted by atomic mass is 32.1. The molecular formula is C20H22N2O2S. The normalized spacial score (nSPS) is 10.6. The van der Waals surface area contributed by atoms with Crippen molar-refractivity contribution in [2.45, 2.75) is 20.8 Å². The minimum atomic E-state index is -0.300. The van der Waals surface area contributed by atoms with Gasteiger partial charge in [0.05, 0.1) is 7.11 Å². The van der Waals surface area contributed by atoms with Crippen LogP contribution in [0.1, 0.15) is 22.3 Å². The molecule has 0 saturated heterocycles. The molecule has 5 heteroatoms. The average Bonchev–Trinajstić information content (AvgIpc) is 2.56. The Morgan fingerprint density at radius 3 is 2.40 bits per heavy atom. The van der Waals surface area contributed by atoms with Gasteiger partial charge in [-0.2, -0.15) is 0 Å². The highest BCUT2D eigenvalue weighted by Crippen LogP contribution is 2.22. The number of hydrogen-bond donors (Lipinski definition) is 2. The Morgan fingerprint density at radius 2 is 1.76 bits per heavy atom. The van der Waals surface area contributed by atoms with Crippen molar-refractivity contribution < 1.29 is 9.53 Å². The van der Waals surface area contributed by atoms with E-state index in [1.54, 1.807) is 13.2 Å².